The maximum Gasteiger partial charge on any atom is 0.332 e. The summed E-state index contributed by atoms with van der Waals surface area (Å²) in [6.45, 7) is 9.59. The predicted octanol–water partition coefficient (Wildman–Crippen LogP) is 1.99. The maximum absolute atomic E-state index is 14.2. The van der Waals surface area contributed by atoms with Gasteiger partial charge < -0.3 is 9.47 Å². The average molecular weight is 426 g/mol. The van der Waals surface area contributed by atoms with E-state index in [1.54, 1.807) is 29.6 Å². The van der Waals surface area contributed by atoms with Gasteiger partial charge in [0.2, 0.25) is 5.78 Å². The molecule has 0 aliphatic heterocycles. The monoisotopic (exact) mass is 426 g/mol. The minimum absolute atomic E-state index is 0.136. The summed E-state index contributed by atoms with van der Waals surface area (Å²) < 4.78 is 20.4. The summed E-state index contributed by atoms with van der Waals surface area (Å²) in [5.41, 5.74) is 0.910. The van der Waals surface area contributed by atoms with Crippen LogP contribution in [0.1, 0.15) is 25.1 Å². The fraction of sp³-hybridized carbons (Fsp3) is 0.409. The summed E-state index contributed by atoms with van der Waals surface area (Å²) in [5, 5.41) is 0. The topological polar surface area (TPSA) is 69.5 Å². The molecule has 0 aliphatic rings. The van der Waals surface area contributed by atoms with E-state index in [2.05, 4.69) is 28.3 Å². The molecule has 3 heterocycles. The molecule has 9 heteroatoms. The second-order valence-corrected chi connectivity index (χ2v) is 7.73. The Kier molecular flexibility index (Phi) is 5.53. The average Bonchev–Trinajstić information content (AvgIpc) is 3.27. The van der Waals surface area contributed by atoms with Gasteiger partial charge in [-0.2, -0.15) is 4.98 Å². The molecule has 0 N–H and O–H groups in total. The Hall–Kier alpha value is -3.20. The molecule has 0 amide bonds. The van der Waals surface area contributed by atoms with Crippen molar-refractivity contribution in [2.75, 3.05) is 19.6 Å². The maximum atomic E-state index is 14.2. The van der Waals surface area contributed by atoms with Crippen molar-refractivity contribution in [3.05, 3.63) is 68.4 Å². The Morgan fingerprint density at radius 1 is 1.10 bits per heavy atom. The lowest BCUT2D eigenvalue weighted by atomic mass is 10.2. The van der Waals surface area contributed by atoms with Crippen LogP contribution >= 0.6 is 0 Å². The molecule has 0 bridgehead atoms. The molecule has 0 atom stereocenters. The Bertz CT molecular complexity index is 1370. The van der Waals surface area contributed by atoms with Crippen LogP contribution in [-0.4, -0.2) is 47.6 Å². The molecular weight excluding hydrogens is 399 g/mol. The normalized spacial score (nSPS) is 11.9. The van der Waals surface area contributed by atoms with Gasteiger partial charge in [0.15, 0.2) is 11.2 Å². The molecule has 1 aromatic carbocycles. The molecular formula is C22H27FN6O2. The summed E-state index contributed by atoms with van der Waals surface area (Å²) in [6.07, 6.45) is 1.87. The quantitative estimate of drug-likeness (QED) is 0.453. The van der Waals surface area contributed by atoms with Crippen LogP contribution in [0.4, 0.5) is 4.39 Å². The van der Waals surface area contributed by atoms with E-state index in [4.69, 9.17) is 0 Å². The van der Waals surface area contributed by atoms with Crippen LogP contribution in [0.25, 0.3) is 16.9 Å². The molecule has 31 heavy (non-hydrogen) atoms. The number of fused-ring (bicyclic) bond motifs is 3. The van der Waals surface area contributed by atoms with Crippen LogP contribution in [-0.2, 0) is 20.1 Å². The molecule has 4 rings (SSSR count). The Morgan fingerprint density at radius 3 is 2.48 bits per heavy atom. The molecule has 0 saturated heterocycles. The van der Waals surface area contributed by atoms with Crippen molar-refractivity contribution in [1.29, 1.82) is 0 Å². The van der Waals surface area contributed by atoms with Gasteiger partial charge in [0.1, 0.15) is 5.82 Å². The molecule has 164 valence electrons. The van der Waals surface area contributed by atoms with Gasteiger partial charge in [0, 0.05) is 37.6 Å². The highest BCUT2D eigenvalue weighted by Crippen LogP contribution is 2.16. The van der Waals surface area contributed by atoms with E-state index in [9.17, 15) is 14.0 Å². The fourth-order valence-corrected chi connectivity index (χ4v) is 4.05. The summed E-state index contributed by atoms with van der Waals surface area (Å²) >= 11 is 0. The van der Waals surface area contributed by atoms with Crippen molar-refractivity contribution in [3.8, 4) is 0 Å². The van der Waals surface area contributed by atoms with Crippen molar-refractivity contribution in [1.82, 2.24) is 28.0 Å². The number of hydrogen-bond donors (Lipinski definition) is 0. The van der Waals surface area contributed by atoms with Gasteiger partial charge in [-0.25, -0.2) is 9.18 Å². The van der Waals surface area contributed by atoms with Crippen molar-refractivity contribution >= 4 is 16.9 Å². The molecule has 3 aromatic heterocycles. The molecule has 0 radical (unpaired) electrons. The van der Waals surface area contributed by atoms with Crippen LogP contribution in [0, 0.1) is 12.7 Å². The molecule has 4 aromatic rings. The number of imidazole rings is 2. The van der Waals surface area contributed by atoms with Gasteiger partial charge in [-0.15, -0.1) is 0 Å². The van der Waals surface area contributed by atoms with Crippen LogP contribution in [0.15, 0.2) is 40.1 Å². The van der Waals surface area contributed by atoms with Crippen molar-refractivity contribution in [3.63, 3.8) is 0 Å². The number of hydrogen-bond acceptors (Lipinski definition) is 4. The molecule has 0 aliphatic carbocycles. The smallest absolute Gasteiger partial charge is 0.313 e. The lowest BCUT2D eigenvalue weighted by Crippen LogP contribution is -2.39. The van der Waals surface area contributed by atoms with E-state index in [0.717, 1.165) is 36.4 Å². The first-order valence-electron chi connectivity index (χ1n) is 10.5. The Morgan fingerprint density at radius 2 is 1.81 bits per heavy atom. The van der Waals surface area contributed by atoms with Gasteiger partial charge in [-0.1, -0.05) is 32.0 Å². The highest BCUT2D eigenvalue weighted by atomic mass is 19.1. The molecule has 0 unspecified atom stereocenters. The molecule has 0 saturated carbocycles. The van der Waals surface area contributed by atoms with E-state index in [0.29, 0.717) is 16.9 Å². The predicted molar refractivity (Wildman–Crippen MR) is 118 cm³/mol. The molecule has 0 spiro atoms. The van der Waals surface area contributed by atoms with E-state index in [1.165, 1.54) is 10.6 Å². The van der Waals surface area contributed by atoms with Crippen LogP contribution < -0.4 is 11.2 Å². The minimum atomic E-state index is -0.520. The first-order valence-corrected chi connectivity index (χ1v) is 10.5. The summed E-state index contributed by atoms with van der Waals surface area (Å²) in [4.78, 5) is 33.2. The largest absolute Gasteiger partial charge is 0.332 e. The van der Waals surface area contributed by atoms with Gasteiger partial charge in [-0.3, -0.25) is 18.3 Å². The number of aryl methyl sites for hydroxylation is 2. The number of benzene rings is 1. The highest BCUT2D eigenvalue weighted by molar-refractivity contribution is 5.75. The zero-order chi connectivity index (χ0) is 22.3. The molecule has 0 fully saturated rings. The number of likely N-dealkylation sites (N-methyl/N-ethyl adjacent to an activating group) is 1. The van der Waals surface area contributed by atoms with Crippen LogP contribution in [0.5, 0.6) is 0 Å². The Balaban J connectivity index is 1.88. The van der Waals surface area contributed by atoms with Crippen molar-refractivity contribution < 1.29 is 4.39 Å². The number of aromatic nitrogens is 5. The number of halogens is 1. The molecule has 8 nitrogen and oxygen atoms in total. The van der Waals surface area contributed by atoms with Crippen molar-refractivity contribution in [2.45, 2.75) is 33.9 Å². The first kappa shape index (κ1) is 21.0. The van der Waals surface area contributed by atoms with E-state index >= 15 is 0 Å². The second-order valence-electron chi connectivity index (χ2n) is 7.73. The third kappa shape index (κ3) is 3.48. The third-order valence-corrected chi connectivity index (χ3v) is 5.96. The second kappa shape index (κ2) is 8.14. The summed E-state index contributed by atoms with van der Waals surface area (Å²) in [6, 6.07) is 6.15. The van der Waals surface area contributed by atoms with Gasteiger partial charge >= 0.3 is 5.69 Å². The fourth-order valence-electron chi connectivity index (χ4n) is 4.05. The third-order valence-electron chi connectivity index (χ3n) is 5.96. The minimum Gasteiger partial charge on any atom is -0.313 e. The zero-order valence-corrected chi connectivity index (χ0v) is 18.3. The van der Waals surface area contributed by atoms with Gasteiger partial charge in [-0.05, 0) is 26.1 Å². The first-order chi connectivity index (χ1) is 14.9. The SMILES string of the molecule is CCN(CC)CCn1c(C)cn2c3c(=O)n(Cc4ccccc4F)c(=O)n(C)c3nc12. The standard InChI is InChI=1S/C22H27FN6O2/c1-5-26(6-2)11-12-27-15(3)13-28-18-19(24-21(27)28)25(4)22(31)29(20(18)30)14-16-9-7-8-10-17(16)23/h7-10,13H,5-6,11-12,14H2,1-4H3. The summed E-state index contributed by atoms with van der Waals surface area (Å²) in [5.74, 6) is 0.170. The van der Waals surface area contributed by atoms with Gasteiger partial charge in [0.05, 0.1) is 6.54 Å². The lowest BCUT2D eigenvalue weighted by Gasteiger charge is -2.18. The zero-order valence-electron chi connectivity index (χ0n) is 18.3. The van der Waals surface area contributed by atoms with Crippen LogP contribution in [0.3, 0.4) is 0 Å². The number of nitrogens with zero attached hydrogens (tertiary/aromatic N) is 6. The van der Waals surface area contributed by atoms with Crippen LogP contribution in [0.2, 0.25) is 0 Å². The van der Waals surface area contributed by atoms with Gasteiger partial charge in [0.25, 0.3) is 5.56 Å². The van der Waals surface area contributed by atoms with E-state index < -0.39 is 17.1 Å². The lowest BCUT2D eigenvalue weighted by molar-refractivity contribution is 0.291. The van der Waals surface area contributed by atoms with Crippen molar-refractivity contribution in [2.24, 2.45) is 7.05 Å². The van der Waals surface area contributed by atoms with E-state index in [-0.39, 0.29) is 12.1 Å². The van der Waals surface area contributed by atoms with E-state index in [1.807, 2.05) is 13.1 Å². The summed E-state index contributed by atoms with van der Waals surface area (Å²) in [7, 11) is 1.58. The highest BCUT2D eigenvalue weighted by Gasteiger charge is 2.21. The number of rotatable bonds is 7. The Labute approximate surface area is 178 Å².